The van der Waals surface area contributed by atoms with Crippen LogP contribution < -0.4 is 4.74 Å². The Morgan fingerprint density at radius 1 is 1.22 bits per heavy atom. The van der Waals surface area contributed by atoms with Gasteiger partial charge in [-0.05, 0) is 86.6 Å². The molecule has 1 aromatic carbocycles. The second kappa shape index (κ2) is 7.07. The summed E-state index contributed by atoms with van der Waals surface area (Å²) in [5, 5.41) is 23.5. The number of phenolic OH excluding ortho intramolecular Hbond substituents is 1. The van der Waals surface area contributed by atoms with Crippen LogP contribution in [0.3, 0.4) is 0 Å². The number of phenols is 1. The number of rotatable bonds is 5. The minimum Gasteiger partial charge on any atom is -0.504 e. The molecule has 3 saturated carbocycles. The molecular weight excluding hydrogens is 456 g/mol. The number of likely N-dealkylation sites (tertiary alicyclic amines) is 1. The minimum absolute atomic E-state index is 0.0295. The second-order valence-electron chi connectivity index (χ2n) is 12.4. The van der Waals surface area contributed by atoms with Crippen LogP contribution in [0, 0.1) is 11.8 Å². The molecule has 1 saturated heterocycles. The molecule has 4 aliphatic carbocycles. The fraction of sp³-hybridized carbons (Fsp3) is 0.621. The molecule has 2 N–H and O–H groups in total. The Hall–Kier alpha value is -2.51. The van der Waals surface area contributed by atoms with Crippen LogP contribution in [0.15, 0.2) is 35.1 Å². The Labute approximate surface area is 211 Å². The number of amides is 1. The van der Waals surface area contributed by atoms with Crippen molar-refractivity contribution < 1.29 is 24.2 Å². The Morgan fingerprint density at radius 3 is 2.86 bits per heavy atom. The third kappa shape index (κ3) is 2.63. The number of benzene rings is 1. The van der Waals surface area contributed by atoms with Crippen molar-refractivity contribution in [3.8, 4) is 11.5 Å². The van der Waals surface area contributed by atoms with E-state index in [1.165, 1.54) is 18.4 Å². The predicted octanol–water partition coefficient (Wildman–Crippen LogP) is 3.18. The number of ether oxygens (including phenoxy) is 1. The number of carbonyl (C=O) groups is 1. The van der Waals surface area contributed by atoms with Gasteiger partial charge < -0.3 is 24.3 Å². The molecule has 0 radical (unpaired) electrons. The topological polar surface area (TPSA) is 86.4 Å². The van der Waals surface area contributed by atoms with Crippen LogP contribution in [0.1, 0.15) is 61.1 Å². The van der Waals surface area contributed by atoms with Gasteiger partial charge in [-0.15, -0.1) is 0 Å². The van der Waals surface area contributed by atoms with Crippen molar-refractivity contribution in [2.24, 2.45) is 11.8 Å². The van der Waals surface area contributed by atoms with Crippen LogP contribution in [-0.2, 0) is 16.6 Å². The van der Waals surface area contributed by atoms with E-state index in [-0.39, 0.29) is 41.7 Å². The number of hydrogen-bond donors (Lipinski definition) is 2. The van der Waals surface area contributed by atoms with Gasteiger partial charge in [0.15, 0.2) is 11.5 Å². The largest absolute Gasteiger partial charge is 0.504 e. The number of likely N-dealkylation sites (N-methyl/N-ethyl adjacent to an activating group) is 1. The lowest BCUT2D eigenvalue weighted by Gasteiger charge is -2.64. The molecule has 6 aliphatic rings. The Balaban J connectivity index is 1.17. The van der Waals surface area contributed by atoms with Gasteiger partial charge in [-0.3, -0.25) is 9.69 Å². The van der Waals surface area contributed by atoms with E-state index in [0.717, 1.165) is 49.4 Å². The highest BCUT2D eigenvalue weighted by Gasteiger charge is 2.73. The molecular formula is C29H34N2O5. The number of furan rings is 1. The molecule has 7 atom stereocenters. The second-order valence-corrected chi connectivity index (χ2v) is 12.4. The van der Waals surface area contributed by atoms with Gasteiger partial charge in [0, 0.05) is 31.1 Å². The van der Waals surface area contributed by atoms with E-state index in [0.29, 0.717) is 18.6 Å². The molecule has 190 valence electrons. The zero-order chi connectivity index (χ0) is 24.4. The van der Waals surface area contributed by atoms with Crippen LogP contribution in [0.2, 0.25) is 0 Å². The first-order valence-corrected chi connectivity index (χ1v) is 13.7. The quantitative estimate of drug-likeness (QED) is 0.670. The zero-order valence-corrected chi connectivity index (χ0v) is 20.7. The maximum absolute atomic E-state index is 13.7. The van der Waals surface area contributed by atoms with Crippen molar-refractivity contribution >= 4 is 5.91 Å². The number of aromatic hydroxyl groups is 1. The van der Waals surface area contributed by atoms with E-state index in [1.54, 1.807) is 18.6 Å². The van der Waals surface area contributed by atoms with Gasteiger partial charge in [-0.25, -0.2) is 0 Å². The average molecular weight is 491 g/mol. The summed E-state index contributed by atoms with van der Waals surface area (Å²) in [5.41, 5.74) is 1.79. The number of carbonyl (C=O) groups excluding carboxylic acids is 1. The van der Waals surface area contributed by atoms with Gasteiger partial charge in [0.2, 0.25) is 5.91 Å². The summed E-state index contributed by atoms with van der Waals surface area (Å²) in [6.07, 6.45) is 9.42. The zero-order valence-electron chi connectivity index (χ0n) is 20.7. The number of nitrogens with zero attached hydrogens (tertiary/aromatic N) is 2. The summed E-state index contributed by atoms with van der Waals surface area (Å²) in [7, 11) is 1.91. The van der Waals surface area contributed by atoms with Crippen LogP contribution >= 0.6 is 0 Å². The van der Waals surface area contributed by atoms with E-state index in [4.69, 9.17) is 9.15 Å². The third-order valence-electron chi connectivity index (χ3n) is 10.7. The third-order valence-corrected chi connectivity index (χ3v) is 10.7. The molecule has 1 amide bonds. The molecule has 2 aromatic rings. The van der Waals surface area contributed by atoms with E-state index in [2.05, 4.69) is 4.90 Å². The fourth-order valence-corrected chi connectivity index (χ4v) is 8.60. The summed E-state index contributed by atoms with van der Waals surface area (Å²) < 4.78 is 11.9. The standard InChI is InChI=1S/C29H34N2O5/c1-30(27(33)20-13-19(20)18-7-11-35-15-18)21-6-8-29(34)23-12-17-4-5-22(32)25-24(17)28(29,26(21)36-25)9-10-31(23)14-16-2-3-16/h4-5,7,11,15-16,19-21,23,26,32,34H,2-3,6,8-10,12-14H2,1H3/t19-,20+,21-,23+,26-,28-,29+/m0/s1. The highest BCUT2D eigenvalue weighted by molar-refractivity contribution is 5.83. The molecule has 36 heavy (non-hydrogen) atoms. The average Bonchev–Trinajstić information content (AvgIpc) is 3.76. The lowest BCUT2D eigenvalue weighted by Crippen LogP contribution is -2.78. The lowest BCUT2D eigenvalue weighted by molar-refractivity contribution is -0.200. The van der Waals surface area contributed by atoms with Crippen LogP contribution in [0.5, 0.6) is 11.5 Å². The summed E-state index contributed by atoms with van der Waals surface area (Å²) in [4.78, 5) is 18.1. The Bertz CT molecular complexity index is 1240. The number of piperidine rings is 1. The fourth-order valence-electron chi connectivity index (χ4n) is 8.60. The predicted molar refractivity (Wildman–Crippen MR) is 131 cm³/mol. The SMILES string of the molecule is CN(C(=O)[C@@H]1C[C@H]1c1ccoc1)[C@H]1CC[C@@]2(O)[C@H]3Cc4ccc(O)c5c4[C@@]2(CCN3CC2CC2)[C@H]1O5. The molecule has 0 unspecified atom stereocenters. The first kappa shape index (κ1) is 21.6. The smallest absolute Gasteiger partial charge is 0.226 e. The molecule has 2 bridgehead atoms. The van der Waals surface area contributed by atoms with Gasteiger partial charge >= 0.3 is 0 Å². The Morgan fingerprint density at radius 2 is 2.08 bits per heavy atom. The normalized spacial score (nSPS) is 39.9. The molecule has 4 fully saturated rings. The van der Waals surface area contributed by atoms with Crippen molar-refractivity contribution in [1.29, 1.82) is 0 Å². The van der Waals surface area contributed by atoms with Crippen molar-refractivity contribution in [3.05, 3.63) is 47.4 Å². The molecule has 3 heterocycles. The highest BCUT2D eigenvalue weighted by Crippen LogP contribution is 2.66. The van der Waals surface area contributed by atoms with Gasteiger partial charge in [0.25, 0.3) is 0 Å². The van der Waals surface area contributed by atoms with Gasteiger partial charge in [0.05, 0.1) is 29.6 Å². The van der Waals surface area contributed by atoms with E-state index >= 15 is 0 Å². The van der Waals surface area contributed by atoms with Crippen molar-refractivity contribution in [3.63, 3.8) is 0 Å². The van der Waals surface area contributed by atoms with E-state index in [9.17, 15) is 15.0 Å². The van der Waals surface area contributed by atoms with E-state index in [1.807, 2.05) is 24.1 Å². The lowest BCUT2D eigenvalue weighted by atomic mass is 9.48. The van der Waals surface area contributed by atoms with Gasteiger partial charge in [0.1, 0.15) is 6.10 Å². The molecule has 8 rings (SSSR count). The van der Waals surface area contributed by atoms with Crippen molar-refractivity contribution in [2.75, 3.05) is 20.1 Å². The molecule has 1 aromatic heterocycles. The molecule has 7 heteroatoms. The van der Waals surface area contributed by atoms with Gasteiger partial charge in [-0.1, -0.05) is 6.07 Å². The maximum Gasteiger partial charge on any atom is 0.226 e. The van der Waals surface area contributed by atoms with E-state index < -0.39 is 11.0 Å². The van der Waals surface area contributed by atoms with Crippen LogP contribution in [-0.4, -0.2) is 69.8 Å². The Kier molecular flexibility index (Phi) is 4.24. The minimum atomic E-state index is -0.920. The number of aliphatic hydroxyl groups is 1. The van der Waals surface area contributed by atoms with Crippen LogP contribution in [0.4, 0.5) is 0 Å². The summed E-state index contributed by atoms with van der Waals surface area (Å²) >= 11 is 0. The van der Waals surface area contributed by atoms with Gasteiger partial charge in [-0.2, -0.15) is 0 Å². The summed E-state index contributed by atoms with van der Waals surface area (Å²) in [5.74, 6) is 1.79. The van der Waals surface area contributed by atoms with Crippen LogP contribution in [0.25, 0.3) is 0 Å². The van der Waals surface area contributed by atoms with Crippen molar-refractivity contribution in [1.82, 2.24) is 9.80 Å². The summed E-state index contributed by atoms with van der Waals surface area (Å²) in [6.45, 7) is 1.99. The highest BCUT2D eigenvalue weighted by atomic mass is 16.5. The first-order valence-electron chi connectivity index (χ1n) is 13.7. The monoisotopic (exact) mass is 490 g/mol. The molecule has 2 aliphatic heterocycles. The first-order chi connectivity index (χ1) is 17.4. The summed E-state index contributed by atoms with van der Waals surface area (Å²) in [6, 6.07) is 5.65. The number of hydrogen-bond acceptors (Lipinski definition) is 6. The maximum atomic E-state index is 13.7. The molecule has 1 spiro atoms. The van der Waals surface area contributed by atoms with Crippen molar-refractivity contribution in [2.45, 2.75) is 80.1 Å². The molecule has 7 nitrogen and oxygen atoms in total.